The maximum absolute atomic E-state index is 11.6. The molecule has 1 aromatic carbocycles. The molecule has 0 radical (unpaired) electrons. The zero-order valence-corrected chi connectivity index (χ0v) is 11.2. The fourth-order valence-electron chi connectivity index (χ4n) is 1.67. The number of anilines is 1. The molecule has 2 N–H and O–H groups in total. The van der Waals surface area contributed by atoms with Crippen molar-refractivity contribution in [3.63, 3.8) is 0 Å². The van der Waals surface area contributed by atoms with E-state index in [-0.39, 0.29) is 24.5 Å². The maximum atomic E-state index is 11.6. The van der Waals surface area contributed by atoms with Gasteiger partial charge in [0.1, 0.15) is 6.04 Å². The van der Waals surface area contributed by atoms with E-state index in [1.54, 1.807) is 6.07 Å². The normalized spacial score (nSPS) is 18.5. The van der Waals surface area contributed by atoms with E-state index in [9.17, 15) is 9.59 Å². The van der Waals surface area contributed by atoms with Gasteiger partial charge in [-0.1, -0.05) is 22.0 Å². The summed E-state index contributed by atoms with van der Waals surface area (Å²) in [4.78, 5) is 22.8. The number of ether oxygens (including phenoxy) is 1. The van der Waals surface area contributed by atoms with E-state index >= 15 is 0 Å². The Labute approximate surface area is 113 Å². The van der Waals surface area contributed by atoms with Gasteiger partial charge < -0.3 is 10.1 Å². The van der Waals surface area contributed by atoms with Crippen LogP contribution < -0.4 is 10.6 Å². The van der Waals surface area contributed by atoms with E-state index in [4.69, 9.17) is 4.74 Å². The van der Waals surface area contributed by atoms with Gasteiger partial charge in [-0.05, 0) is 18.2 Å². The van der Waals surface area contributed by atoms with Crippen LogP contribution in [0.5, 0.6) is 0 Å². The van der Waals surface area contributed by atoms with Crippen LogP contribution >= 0.6 is 15.9 Å². The quantitative estimate of drug-likeness (QED) is 0.822. The molecule has 0 aromatic heterocycles. The second kappa shape index (κ2) is 5.97. The number of amides is 1. The molecule has 1 saturated heterocycles. The van der Waals surface area contributed by atoms with Crippen LogP contribution in [0.15, 0.2) is 28.7 Å². The average molecular weight is 313 g/mol. The highest BCUT2D eigenvalue weighted by Crippen LogP contribution is 2.15. The van der Waals surface area contributed by atoms with Gasteiger partial charge in [-0.15, -0.1) is 0 Å². The third-order valence-corrected chi connectivity index (χ3v) is 3.05. The van der Waals surface area contributed by atoms with Crippen LogP contribution in [0.1, 0.15) is 6.42 Å². The van der Waals surface area contributed by atoms with Gasteiger partial charge in [0.15, 0.2) is 0 Å². The number of nitrogens with one attached hydrogen (secondary N) is 2. The number of hydrogen-bond donors (Lipinski definition) is 2. The van der Waals surface area contributed by atoms with Gasteiger partial charge in [0, 0.05) is 16.6 Å². The summed E-state index contributed by atoms with van der Waals surface area (Å²) in [7, 11) is 0. The molecule has 1 atom stereocenters. The minimum absolute atomic E-state index is 0.0896. The topological polar surface area (TPSA) is 67.4 Å². The molecule has 1 aliphatic rings. The molecule has 96 valence electrons. The molecule has 5 nitrogen and oxygen atoms in total. The molecule has 1 unspecified atom stereocenters. The van der Waals surface area contributed by atoms with Crippen LogP contribution in [0.2, 0.25) is 0 Å². The molecule has 0 spiro atoms. The maximum Gasteiger partial charge on any atom is 0.323 e. The molecule has 1 aromatic rings. The first-order valence-corrected chi connectivity index (χ1v) is 6.40. The van der Waals surface area contributed by atoms with Crippen LogP contribution in [0, 0.1) is 0 Å². The Morgan fingerprint density at radius 2 is 2.33 bits per heavy atom. The Balaban J connectivity index is 1.80. The smallest absolute Gasteiger partial charge is 0.323 e. The highest BCUT2D eigenvalue weighted by Gasteiger charge is 2.26. The number of halogens is 1. The van der Waals surface area contributed by atoms with Crippen molar-refractivity contribution in [1.82, 2.24) is 5.32 Å². The standard InChI is InChI=1S/C12H13BrN2O3/c13-8-2-1-3-9(6-8)15-11(16)7-14-10-4-5-18-12(10)17/h1-3,6,10,14H,4-5,7H2,(H,15,16). The number of benzene rings is 1. The number of carbonyl (C=O) groups is 2. The molecule has 18 heavy (non-hydrogen) atoms. The minimum Gasteiger partial charge on any atom is -0.464 e. The highest BCUT2D eigenvalue weighted by molar-refractivity contribution is 9.10. The zero-order valence-electron chi connectivity index (χ0n) is 9.61. The second-order valence-electron chi connectivity index (χ2n) is 3.95. The average Bonchev–Trinajstić information content (AvgIpc) is 2.72. The molecule has 0 aliphatic carbocycles. The third-order valence-electron chi connectivity index (χ3n) is 2.55. The van der Waals surface area contributed by atoms with E-state index in [2.05, 4.69) is 26.6 Å². The van der Waals surface area contributed by atoms with Gasteiger partial charge in [0.05, 0.1) is 13.2 Å². The summed E-state index contributed by atoms with van der Waals surface area (Å²) in [5.74, 6) is -0.474. The Morgan fingerprint density at radius 3 is 3.00 bits per heavy atom. The molecule has 0 saturated carbocycles. The number of esters is 1. The van der Waals surface area contributed by atoms with Crippen LogP contribution in [0.4, 0.5) is 5.69 Å². The van der Waals surface area contributed by atoms with Gasteiger partial charge in [0.25, 0.3) is 0 Å². The van der Waals surface area contributed by atoms with Crippen LogP contribution in [-0.4, -0.2) is 31.1 Å². The van der Waals surface area contributed by atoms with Crippen LogP contribution in [0.3, 0.4) is 0 Å². The summed E-state index contributed by atoms with van der Waals surface area (Å²) in [6, 6.07) is 6.95. The van der Waals surface area contributed by atoms with Gasteiger partial charge in [-0.3, -0.25) is 14.9 Å². The van der Waals surface area contributed by atoms with E-state index in [0.29, 0.717) is 18.7 Å². The van der Waals surface area contributed by atoms with Crippen LogP contribution in [0.25, 0.3) is 0 Å². The molecular weight excluding hydrogens is 300 g/mol. The third kappa shape index (κ3) is 3.54. The van der Waals surface area contributed by atoms with Crippen molar-refractivity contribution in [2.75, 3.05) is 18.5 Å². The zero-order chi connectivity index (χ0) is 13.0. The monoisotopic (exact) mass is 312 g/mol. The summed E-state index contributed by atoms with van der Waals surface area (Å²) in [6.07, 6.45) is 0.614. The predicted molar refractivity (Wildman–Crippen MR) is 70.1 cm³/mol. The molecule has 1 amide bonds. The lowest BCUT2D eigenvalue weighted by atomic mass is 10.2. The summed E-state index contributed by atoms with van der Waals surface area (Å²) >= 11 is 3.32. The molecule has 0 bridgehead atoms. The summed E-state index contributed by atoms with van der Waals surface area (Å²) in [5.41, 5.74) is 0.713. The molecule has 1 aliphatic heterocycles. The van der Waals surface area contributed by atoms with Gasteiger partial charge >= 0.3 is 5.97 Å². The number of carbonyl (C=O) groups excluding carboxylic acids is 2. The lowest BCUT2D eigenvalue weighted by Crippen LogP contribution is -2.38. The summed E-state index contributed by atoms with van der Waals surface area (Å²) < 4.78 is 5.69. The Bertz CT molecular complexity index is 464. The molecule has 2 rings (SSSR count). The highest BCUT2D eigenvalue weighted by atomic mass is 79.9. The van der Waals surface area contributed by atoms with Crippen molar-refractivity contribution in [3.8, 4) is 0 Å². The molecule has 1 fully saturated rings. The fourth-order valence-corrected chi connectivity index (χ4v) is 2.07. The number of cyclic esters (lactones) is 1. The first-order valence-electron chi connectivity index (χ1n) is 5.60. The minimum atomic E-state index is -0.363. The van der Waals surface area contributed by atoms with Crippen molar-refractivity contribution in [2.24, 2.45) is 0 Å². The van der Waals surface area contributed by atoms with Crippen molar-refractivity contribution in [1.29, 1.82) is 0 Å². The lowest BCUT2D eigenvalue weighted by Gasteiger charge is -2.09. The Kier molecular flexibility index (Phi) is 4.33. The van der Waals surface area contributed by atoms with Crippen molar-refractivity contribution >= 4 is 33.5 Å². The first-order chi connectivity index (χ1) is 8.65. The van der Waals surface area contributed by atoms with Gasteiger partial charge in [-0.25, -0.2) is 0 Å². The molecule has 6 heteroatoms. The molecular formula is C12H13BrN2O3. The SMILES string of the molecule is O=C(CNC1CCOC1=O)Nc1cccc(Br)c1. The molecule has 1 heterocycles. The Hall–Kier alpha value is -1.40. The van der Waals surface area contributed by atoms with Gasteiger partial charge in [-0.2, -0.15) is 0 Å². The van der Waals surface area contributed by atoms with Gasteiger partial charge in [0.2, 0.25) is 5.91 Å². The summed E-state index contributed by atoms with van der Waals surface area (Å²) in [5, 5.41) is 5.61. The first kappa shape index (κ1) is 13.0. The number of rotatable bonds is 4. The second-order valence-corrected chi connectivity index (χ2v) is 4.86. The van der Waals surface area contributed by atoms with Crippen molar-refractivity contribution < 1.29 is 14.3 Å². The van der Waals surface area contributed by atoms with E-state index in [0.717, 1.165) is 4.47 Å². The largest absolute Gasteiger partial charge is 0.464 e. The number of hydrogen-bond acceptors (Lipinski definition) is 4. The van der Waals surface area contributed by atoms with Crippen LogP contribution in [-0.2, 0) is 14.3 Å². The predicted octanol–water partition coefficient (Wildman–Crippen LogP) is 1.29. The van der Waals surface area contributed by atoms with E-state index in [1.165, 1.54) is 0 Å². The summed E-state index contributed by atoms with van der Waals surface area (Å²) in [6.45, 7) is 0.510. The van der Waals surface area contributed by atoms with Crippen molar-refractivity contribution in [2.45, 2.75) is 12.5 Å². The van der Waals surface area contributed by atoms with E-state index < -0.39 is 0 Å². The van der Waals surface area contributed by atoms with Crippen molar-refractivity contribution in [3.05, 3.63) is 28.7 Å². The fraction of sp³-hybridized carbons (Fsp3) is 0.333. The van der Waals surface area contributed by atoms with E-state index in [1.807, 2.05) is 18.2 Å². The Morgan fingerprint density at radius 1 is 1.50 bits per heavy atom. The lowest BCUT2D eigenvalue weighted by molar-refractivity contribution is -0.139.